The zero-order valence-electron chi connectivity index (χ0n) is 24.0. The monoisotopic (exact) mass is 574 g/mol. The van der Waals surface area contributed by atoms with Crippen molar-refractivity contribution in [2.24, 2.45) is 0 Å². The van der Waals surface area contributed by atoms with Gasteiger partial charge in [0.2, 0.25) is 5.43 Å². The van der Waals surface area contributed by atoms with Crippen molar-refractivity contribution >= 4 is 17.9 Å². The number of hydrogen-bond donors (Lipinski definition) is 1. The minimum absolute atomic E-state index is 0.00650. The molecule has 1 atom stereocenters. The number of halogens is 2. The molecule has 4 rings (SSSR count). The quantitative estimate of drug-likeness (QED) is 0.506. The van der Waals surface area contributed by atoms with Crippen LogP contribution in [-0.2, 0) is 16.8 Å². The van der Waals surface area contributed by atoms with E-state index >= 15 is 0 Å². The number of ether oxygens (including phenoxy) is 2. The lowest BCUT2D eigenvalue weighted by Crippen LogP contribution is -2.55. The zero-order chi connectivity index (χ0) is 30.1. The van der Waals surface area contributed by atoms with Crippen molar-refractivity contribution in [2.75, 3.05) is 33.3 Å². The Labute approximate surface area is 237 Å². The molecule has 1 aromatic heterocycles. The Bertz CT molecular complexity index is 1420. The predicted molar refractivity (Wildman–Crippen MR) is 146 cm³/mol. The normalized spacial score (nSPS) is 18.5. The first-order valence-electron chi connectivity index (χ1n) is 13.6. The van der Waals surface area contributed by atoms with Gasteiger partial charge in [0.25, 0.3) is 11.8 Å². The summed E-state index contributed by atoms with van der Waals surface area (Å²) in [6.07, 6.45) is 2.63. The highest BCUT2D eigenvalue weighted by Crippen LogP contribution is 2.38. The maximum atomic E-state index is 14.2. The Balaban J connectivity index is 1.76. The molecule has 222 valence electrons. The summed E-state index contributed by atoms with van der Waals surface area (Å²) in [6.45, 7) is 7.84. The lowest BCUT2D eigenvalue weighted by atomic mass is 9.92. The lowest BCUT2D eigenvalue weighted by Gasteiger charge is -2.42. The van der Waals surface area contributed by atoms with Gasteiger partial charge < -0.3 is 29.2 Å². The van der Waals surface area contributed by atoms with Gasteiger partial charge in [-0.25, -0.2) is 13.6 Å². The van der Waals surface area contributed by atoms with E-state index in [0.29, 0.717) is 25.5 Å². The summed E-state index contributed by atoms with van der Waals surface area (Å²) in [5.41, 5.74) is -2.59. The highest BCUT2D eigenvalue weighted by Gasteiger charge is 2.49. The number of amides is 3. The molecule has 1 spiro atoms. The standard InChI is InChI=1S/C29H36F2N4O6/c1-6-7-12-40-24-22-26(38)33(5)16-29(10-11-34(17-29)27(39)41-28(2,3)4)35(22)15-20(23(24)36)25(37)32-14-18-8-9-19(30)13-21(18)31/h8-9,13,15H,6-7,10-12,14,16-17H2,1-5H3,(H,32,37). The summed E-state index contributed by atoms with van der Waals surface area (Å²) in [6, 6.07) is 2.98. The van der Waals surface area contributed by atoms with Gasteiger partial charge in [-0.15, -0.1) is 0 Å². The summed E-state index contributed by atoms with van der Waals surface area (Å²) in [5, 5.41) is 2.52. The number of aromatic nitrogens is 1. The minimum atomic E-state index is -0.858. The van der Waals surface area contributed by atoms with Crippen LogP contribution in [0.1, 0.15) is 73.4 Å². The number of carbonyl (C=O) groups excluding carboxylic acids is 3. The molecular weight excluding hydrogens is 538 g/mol. The maximum Gasteiger partial charge on any atom is 0.410 e. The molecule has 1 fully saturated rings. The Hall–Kier alpha value is -3.96. The van der Waals surface area contributed by atoms with Crippen LogP contribution in [0.2, 0.25) is 0 Å². The van der Waals surface area contributed by atoms with E-state index < -0.39 is 46.1 Å². The first kappa shape index (κ1) is 30.0. The number of unbranched alkanes of at least 4 members (excludes halogenated alkanes) is 1. The molecule has 2 aliphatic rings. The lowest BCUT2D eigenvalue weighted by molar-refractivity contribution is 0.0258. The van der Waals surface area contributed by atoms with Gasteiger partial charge in [0, 0.05) is 51.1 Å². The van der Waals surface area contributed by atoms with E-state index in [4.69, 9.17) is 9.47 Å². The van der Waals surface area contributed by atoms with Crippen molar-refractivity contribution in [2.45, 2.75) is 64.6 Å². The largest absolute Gasteiger partial charge is 0.487 e. The van der Waals surface area contributed by atoms with Crippen LogP contribution < -0.4 is 15.5 Å². The smallest absolute Gasteiger partial charge is 0.410 e. The van der Waals surface area contributed by atoms with Gasteiger partial charge in [0.1, 0.15) is 22.8 Å². The van der Waals surface area contributed by atoms with Crippen LogP contribution in [0.5, 0.6) is 5.75 Å². The van der Waals surface area contributed by atoms with E-state index in [2.05, 4.69) is 5.32 Å². The summed E-state index contributed by atoms with van der Waals surface area (Å²) in [5.74, 6) is -3.09. The fraction of sp³-hybridized carbons (Fsp3) is 0.517. The van der Waals surface area contributed by atoms with Crippen molar-refractivity contribution < 1.29 is 32.6 Å². The Morgan fingerprint density at radius 1 is 1.15 bits per heavy atom. The number of hydrogen-bond acceptors (Lipinski definition) is 6. The number of rotatable bonds is 7. The van der Waals surface area contributed by atoms with Crippen LogP contribution in [0.4, 0.5) is 13.6 Å². The van der Waals surface area contributed by atoms with E-state index in [0.717, 1.165) is 12.5 Å². The average Bonchev–Trinajstić information content (AvgIpc) is 3.31. The summed E-state index contributed by atoms with van der Waals surface area (Å²) >= 11 is 0. The Morgan fingerprint density at radius 2 is 1.88 bits per heavy atom. The summed E-state index contributed by atoms with van der Waals surface area (Å²) in [4.78, 5) is 56.3. The molecule has 0 radical (unpaired) electrons. The number of pyridine rings is 1. The van der Waals surface area contributed by atoms with Crippen LogP contribution >= 0.6 is 0 Å². The number of fused-ring (bicyclic) bond motifs is 2. The van der Waals surface area contributed by atoms with Gasteiger partial charge in [-0.05, 0) is 39.7 Å². The van der Waals surface area contributed by atoms with Gasteiger partial charge in [-0.3, -0.25) is 14.4 Å². The molecule has 12 heteroatoms. The molecule has 1 unspecified atom stereocenters. The third-order valence-corrected chi connectivity index (χ3v) is 7.18. The first-order valence-corrected chi connectivity index (χ1v) is 13.6. The number of likely N-dealkylation sites (N-methyl/N-ethyl adjacent to an activating group) is 1. The van der Waals surface area contributed by atoms with E-state index in [9.17, 15) is 28.0 Å². The highest BCUT2D eigenvalue weighted by atomic mass is 19.1. The second-order valence-corrected chi connectivity index (χ2v) is 11.6. The third kappa shape index (κ3) is 6.20. The topological polar surface area (TPSA) is 110 Å². The molecule has 1 aromatic carbocycles. The van der Waals surface area contributed by atoms with Crippen LogP contribution in [-0.4, -0.2) is 71.2 Å². The SMILES string of the molecule is CCCCOc1c2n(cc(C(=O)NCc3ccc(F)cc3F)c1=O)C1(CCN(C(=O)OC(C)(C)C)C1)CN(C)C2=O. The van der Waals surface area contributed by atoms with Crippen LogP contribution in [0.15, 0.2) is 29.2 Å². The molecule has 0 bridgehead atoms. The summed E-state index contributed by atoms with van der Waals surface area (Å²) < 4.78 is 40.5. The second kappa shape index (κ2) is 11.5. The fourth-order valence-electron chi connectivity index (χ4n) is 5.15. The third-order valence-electron chi connectivity index (χ3n) is 7.18. The maximum absolute atomic E-state index is 14.2. The first-order chi connectivity index (χ1) is 19.3. The molecule has 2 aliphatic heterocycles. The van der Waals surface area contributed by atoms with E-state index in [1.165, 1.54) is 17.2 Å². The molecule has 3 heterocycles. The molecule has 3 amide bonds. The molecule has 41 heavy (non-hydrogen) atoms. The molecule has 1 saturated heterocycles. The van der Waals surface area contributed by atoms with Crippen LogP contribution in [0, 0.1) is 11.6 Å². The number of likely N-dealkylation sites (tertiary alicyclic amines) is 1. The number of carbonyl (C=O) groups is 3. The van der Waals surface area contributed by atoms with Crippen molar-refractivity contribution in [1.29, 1.82) is 0 Å². The van der Waals surface area contributed by atoms with Crippen LogP contribution in [0.3, 0.4) is 0 Å². The van der Waals surface area contributed by atoms with Gasteiger partial charge >= 0.3 is 6.09 Å². The molecular formula is C29H36F2N4O6. The Kier molecular flexibility index (Phi) is 8.41. The van der Waals surface area contributed by atoms with E-state index in [-0.39, 0.29) is 48.8 Å². The van der Waals surface area contributed by atoms with Gasteiger partial charge in [0.15, 0.2) is 11.4 Å². The van der Waals surface area contributed by atoms with Gasteiger partial charge in [0.05, 0.1) is 12.1 Å². The number of nitrogens with one attached hydrogen (secondary N) is 1. The average molecular weight is 575 g/mol. The fourth-order valence-corrected chi connectivity index (χ4v) is 5.15. The Morgan fingerprint density at radius 3 is 2.54 bits per heavy atom. The van der Waals surface area contributed by atoms with Crippen LogP contribution in [0.25, 0.3) is 0 Å². The van der Waals surface area contributed by atoms with Crippen molar-refractivity contribution in [3.05, 3.63) is 63.1 Å². The number of nitrogens with zero attached hydrogens (tertiary/aromatic N) is 3. The summed E-state index contributed by atoms with van der Waals surface area (Å²) in [7, 11) is 1.61. The van der Waals surface area contributed by atoms with Crippen molar-refractivity contribution in [3.63, 3.8) is 0 Å². The van der Waals surface area contributed by atoms with Gasteiger partial charge in [-0.1, -0.05) is 19.4 Å². The number of benzene rings is 1. The molecule has 2 aromatic rings. The van der Waals surface area contributed by atoms with Crippen molar-refractivity contribution in [3.8, 4) is 5.75 Å². The molecule has 1 N–H and O–H groups in total. The van der Waals surface area contributed by atoms with Crippen molar-refractivity contribution in [1.82, 2.24) is 19.7 Å². The molecule has 0 aliphatic carbocycles. The highest BCUT2D eigenvalue weighted by molar-refractivity contribution is 5.99. The zero-order valence-corrected chi connectivity index (χ0v) is 24.0. The minimum Gasteiger partial charge on any atom is -0.487 e. The molecule has 0 saturated carbocycles. The van der Waals surface area contributed by atoms with E-state index in [1.54, 1.807) is 37.3 Å². The predicted octanol–water partition coefficient (Wildman–Crippen LogP) is 3.66. The van der Waals surface area contributed by atoms with Gasteiger partial charge in [-0.2, -0.15) is 0 Å². The van der Waals surface area contributed by atoms with E-state index in [1.807, 2.05) is 6.92 Å². The molecule has 10 nitrogen and oxygen atoms in total. The second-order valence-electron chi connectivity index (χ2n) is 11.6.